The van der Waals surface area contributed by atoms with Crippen LogP contribution in [0.5, 0.6) is 0 Å². The normalized spacial score (nSPS) is 6.42. The number of carboxylic acid groups (broad SMARTS) is 2. The van der Waals surface area contributed by atoms with Gasteiger partial charge in [-0.2, -0.15) is 0 Å². The molecule has 0 heterocycles. The summed E-state index contributed by atoms with van der Waals surface area (Å²) in [4.78, 5) is 18.8. The van der Waals surface area contributed by atoms with Crippen molar-refractivity contribution in [3.63, 3.8) is 0 Å². The first-order valence-corrected chi connectivity index (χ1v) is 2.66. The van der Waals surface area contributed by atoms with Crippen LogP contribution in [0.2, 0.25) is 0 Å². The molecule has 0 saturated heterocycles. The van der Waals surface area contributed by atoms with E-state index < -0.39 is 11.9 Å². The molecule has 0 aliphatic heterocycles. The fourth-order valence-corrected chi connectivity index (χ4v) is 0. The Labute approximate surface area is 83.4 Å². The van der Waals surface area contributed by atoms with Crippen molar-refractivity contribution in [2.24, 2.45) is 0 Å². The molecule has 2 N–H and O–H groups in total. The Morgan fingerprint density at radius 3 is 1.50 bits per heavy atom. The van der Waals surface area contributed by atoms with Gasteiger partial charge in [0.2, 0.25) is 0 Å². The minimum absolute atomic E-state index is 0. The molecule has 0 atom stereocenters. The van der Waals surface area contributed by atoms with Crippen LogP contribution < -0.4 is 0 Å². The van der Waals surface area contributed by atoms with Crippen molar-refractivity contribution in [2.45, 2.75) is 6.92 Å². The van der Waals surface area contributed by atoms with Crippen molar-refractivity contribution in [3.05, 3.63) is 24.8 Å². The van der Waals surface area contributed by atoms with Crippen molar-refractivity contribution in [3.8, 4) is 0 Å². The molecule has 0 fully saturated rings. The molecular formula is C7H10O4Zn. The van der Waals surface area contributed by atoms with Crippen LogP contribution in [0.3, 0.4) is 0 Å². The van der Waals surface area contributed by atoms with E-state index in [0.717, 1.165) is 6.08 Å². The van der Waals surface area contributed by atoms with Crippen molar-refractivity contribution in [2.75, 3.05) is 0 Å². The number of carbonyl (C=O) groups is 2. The Kier molecular flexibility index (Phi) is 14.4. The van der Waals surface area contributed by atoms with Gasteiger partial charge in [0.1, 0.15) is 0 Å². The van der Waals surface area contributed by atoms with Crippen LogP contribution >= 0.6 is 0 Å². The smallest absolute Gasteiger partial charge is 0.330 e. The third-order valence-corrected chi connectivity index (χ3v) is 0.540. The van der Waals surface area contributed by atoms with Crippen LogP contribution in [0.25, 0.3) is 0 Å². The van der Waals surface area contributed by atoms with Crippen LogP contribution in [0, 0.1) is 0 Å². The summed E-state index contributed by atoms with van der Waals surface area (Å²) in [5, 5.41) is 15.5. The van der Waals surface area contributed by atoms with Gasteiger partial charge in [-0.3, -0.25) is 0 Å². The summed E-state index contributed by atoms with van der Waals surface area (Å²) in [7, 11) is 0. The van der Waals surface area contributed by atoms with Crippen LogP contribution in [-0.4, -0.2) is 22.2 Å². The monoisotopic (exact) mass is 222 g/mol. The second-order valence-electron chi connectivity index (χ2n) is 1.63. The molecule has 0 aromatic carbocycles. The molecule has 0 aliphatic carbocycles. The van der Waals surface area contributed by atoms with Gasteiger partial charge in [0.15, 0.2) is 0 Å². The first-order chi connectivity index (χ1) is 4.91. The van der Waals surface area contributed by atoms with E-state index in [9.17, 15) is 9.59 Å². The first kappa shape index (κ1) is 17.2. The Hall–Kier alpha value is -0.957. The largest absolute Gasteiger partial charge is 0.478 e. The van der Waals surface area contributed by atoms with Gasteiger partial charge in [0.25, 0.3) is 0 Å². The molecule has 4 nitrogen and oxygen atoms in total. The molecule has 0 saturated carbocycles. The molecule has 12 heavy (non-hydrogen) atoms. The summed E-state index contributed by atoms with van der Waals surface area (Å²) >= 11 is 0. The van der Waals surface area contributed by atoms with E-state index in [0.29, 0.717) is 0 Å². The van der Waals surface area contributed by atoms with Gasteiger partial charge in [-0.25, -0.2) is 9.59 Å². The van der Waals surface area contributed by atoms with Gasteiger partial charge < -0.3 is 10.2 Å². The first-order valence-electron chi connectivity index (χ1n) is 2.66. The zero-order chi connectivity index (χ0) is 9.44. The Bertz CT molecular complexity index is 174. The third kappa shape index (κ3) is 23.0. The molecule has 0 amide bonds. The Balaban J connectivity index is -0.000000126. The zero-order valence-electron chi connectivity index (χ0n) is 6.91. The van der Waals surface area contributed by atoms with Crippen molar-refractivity contribution in [1.82, 2.24) is 0 Å². The second kappa shape index (κ2) is 10.0. The van der Waals surface area contributed by atoms with E-state index >= 15 is 0 Å². The average Bonchev–Trinajstić information content (AvgIpc) is 1.89. The SMILES string of the molecule is C=C(C)C(=O)O.C=CC(=O)O.[Zn]. The minimum Gasteiger partial charge on any atom is -0.478 e. The van der Waals surface area contributed by atoms with Crippen molar-refractivity contribution in [1.29, 1.82) is 0 Å². The predicted molar refractivity (Wildman–Crippen MR) is 40.3 cm³/mol. The minimum atomic E-state index is -0.981. The van der Waals surface area contributed by atoms with Crippen molar-refractivity contribution >= 4 is 11.9 Å². The number of rotatable bonds is 2. The predicted octanol–water partition coefficient (Wildman–Crippen LogP) is 0.902. The van der Waals surface area contributed by atoms with Crippen LogP contribution in [0.4, 0.5) is 0 Å². The molecule has 0 aromatic heterocycles. The van der Waals surface area contributed by atoms with Crippen molar-refractivity contribution < 1.29 is 39.3 Å². The van der Waals surface area contributed by atoms with E-state index in [-0.39, 0.29) is 25.1 Å². The number of aliphatic carboxylic acids is 2. The molecule has 0 bridgehead atoms. The number of hydrogen-bond acceptors (Lipinski definition) is 2. The van der Waals surface area contributed by atoms with Crippen LogP contribution in [0.1, 0.15) is 6.92 Å². The molecule has 0 radical (unpaired) electrons. The fraction of sp³-hybridized carbons (Fsp3) is 0.143. The summed E-state index contributed by atoms with van der Waals surface area (Å²) in [6.45, 7) is 7.56. The maximum atomic E-state index is 9.60. The topological polar surface area (TPSA) is 74.6 Å². The Morgan fingerprint density at radius 1 is 1.33 bits per heavy atom. The molecule has 0 aromatic rings. The standard InChI is InChI=1S/C4H6O2.C3H4O2.Zn/c1-3(2)4(5)6;1-2-3(4)5;/h1H2,2H3,(H,5,6);2H,1H2,(H,4,5);. The quantitative estimate of drug-likeness (QED) is 0.539. The van der Waals surface area contributed by atoms with Crippen LogP contribution in [-0.2, 0) is 29.1 Å². The van der Waals surface area contributed by atoms with E-state index in [4.69, 9.17) is 10.2 Å². The van der Waals surface area contributed by atoms with E-state index in [1.165, 1.54) is 6.92 Å². The molecule has 0 rings (SSSR count). The maximum absolute atomic E-state index is 9.60. The number of hydrogen-bond donors (Lipinski definition) is 2. The molecule has 64 valence electrons. The summed E-state index contributed by atoms with van der Waals surface area (Å²) < 4.78 is 0. The molecule has 5 heteroatoms. The zero-order valence-corrected chi connectivity index (χ0v) is 9.88. The van der Waals surface area contributed by atoms with Gasteiger partial charge in [0.05, 0.1) is 0 Å². The number of carboxylic acids is 2. The van der Waals surface area contributed by atoms with E-state index in [2.05, 4.69) is 13.2 Å². The van der Waals surface area contributed by atoms with Gasteiger partial charge >= 0.3 is 11.9 Å². The molecular weight excluding hydrogens is 213 g/mol. The maximum Gasteiger partial charge on any atom is 0.330 e. The molecule has 0 aliphatic rings. The van der Waals surface area contributed by atoms with Gasteiger partial charge in [0, 0.05) is 31.1 Å². The van der Waals surface area contributed by atoms with Crippen LogP contribution in [0.15, 0.2) is 24.8 Å². The van der Waals surface area contributed by atoms with Gasteiger partial charge in [-0.05, 0) is 6.92 Å². The van der Waals surface area contributed by atoms with Gasteiger partial charge in [-0.1, -0.05) is 13.2 Å². The second-order valence-corrected chi connectivity index (χ2v) is 1.63. The fourth-order valence-electron chi connectivity index (χ4n) is 0. The van der Waals surface area contributed by atoms with E-state index in [1.807, 2.05) is 0 Å². The molecule has 0 unspecified atom stereocenters. The summed E-state index contributed by atoms with van der Waals surface area (Å²) in [5.74, 6) is -1.92. The summed E-state index contributed by atoms with van der Waals surface area (Å²) in [6, 6.07) is 0. The molecule has 0 spiro atoms. The van der Waals surface area contributed by atoms with Gasteiger partial charge in [-0.15, -0.1) is 0 Å². The summed E-state index contributed by atoms with van der Waals surface area (Å²) in [5.41, 5.74) is 0.176. The third-order valence-electron chi connectivity index (χ3n) is 0.540. The average molecular weight is 224 g/mol. The Morgan fingerprint density at radius 2 is 1.50 bits per heavy atom. The van der Waals surface area contributed by atoms with E-state index in [1.54, 1.807) is 0 Å². The summed E-state index contributed by atoms with van der Waals surface area (Å²) in [6.07, 6.45) is 0.833.